The zero-order valence-corrected chi connectivity index (χ0v) is 9.87. The first-order chi connectivity index (χ1) is 8.83. The van der Waals surface area contributed by atoms with Crippen LogP contribution < -0.4 is 0 Å². The van der Waals surface area contributed by atoms with E-state index in [0.29, 0.717) is 0 Å². The topological polar surface area (TPSA) is 51.8 Å². The molecule has 0 radical (unpaired) electrons. The summed E-state index contributed by atoms with van der Waals surface area (Å²) in [5, 5.41) is 4.04. The van der Waals surface area contributed by atoms with Gasteiger partial charge in [0.15, 0.2) is 5.76 Å². The summed E-state index contributed by atoms with van der Waals surface area (Å²) in [7, 11) is 0. The molecule has 0 bridgehead atoms. The van der Waals surface area contributed by atoms with E-state index in [4.69, 9.17) is 4.52 Å². The van der Waals surface area contributed by atoms with Gasteiger partial charge in [-0.25, -0.2) is 9.97 Å². The van der Waals surface area contributed by atoms with Crippen LogP contribution in [0.25, 0.3) is 22.6 Å². The lowest BCUT2D eigenvalue weighted by atomic mass is 10.1. The van der Waals surface area contributed by atoms with Gasteiger partial charge in [0.05, 0.1) is 0 Å². The van der Waals surface area contributed by atoms with Crippen LogP contribution >= 0.6 is 0 Å². The summed E-state index contributed by atoms with van der Waals surface area (Å²) < 4.78 is 5.35. The third-order valence-corrected chi connectivity index (χ3v) is 2.67. The van der Waals surface area contributed by atoms with Crippen molar-refractivity contribution in [2.24, 2.45) is 0 Å². The summed E-state index contributed by atoms with van der Waals surface area (Å²) in [5.74, 6) is 0.748. The van der Waals surface area contributed by atoms with Gasteiger partial charge in [-0.1, -0.05) is 28.9 Å². The Bertz CT molecular complexity index is 662. The molecule has 0 aliphatic heterocycles. The SMILES string of the molecule is Cc1cccc(-c2cc(-c3cncnc3)no2)c1. The van der Waals surface area contributed by atoms with Crippen LogP contribution in [0.5, 0.6) is 0 Å². The molecule has 0 unspecified atom stereocenters. The Hall–Kier alpha value is -2.49. The largest absolute Gasteiger partial charge is 0.356 e. The molecule has 2 aromatic heterocycles. The monoisotopic (exact) mass is 237 g/mol. The second-order valence-electron chi connectivity index (χ2n) is 4.07. The minimum atomic E-state index is 0.743. The van der Waals surface area contributed by atoms with Crippen LogP contribution in [0.15, 0.2) is 53.6 Å². The highest BCUT2D eigenvalue weighted by atomic mass is 16.5. The van der Waals surface area contributed by atoms with E-state index in [1.165, 1.54) is 11.9 Å². The molecule has 4 heteroatoms. The molecule has 3 aromatic rings. The maximum absolute atomic E-state index is 5.35. The first kappa shape index (κ1) is 10.7. The smallest absolute Gasteiger partial charge is 0.167 e. The average Bonchev–Trinajstić information content (AvgIpc) is 2.89. The lowest BCUT2D eigenvalue weighted by Crippen LogP contribution is -1.80. The van der Waals surface area contributed by atoms with Gasteiger partial charge >= 0.3 is 0 Å². The Labute approximate surface area is 104 Å². The molecular weight excluding hydrogens is 226 g/mol. The second-order valence-corrected chi connectivity index (χ2v) is 4.07. The van der Waals surface area contributed by atoms with E-state index in [1.54, 1.807) is 12.4 Å². The van der Waals surface area contributed by atoms with Crippen molar-refractivity contribution in [2.75, 3.05) is 0 Å². The number of aryl methyl sites for hydroxylation is 1. The van der Waals surface area contributed by atoms with Crippen LogP contribution in [-0.2, 0) is 0 Å². The molecule has 0 fully saturated rings. The Morgan fingerprint density at radius 2 is 1.83 bits per heavy atom. The van der Waals surface area contributed by atoms with Gasteiger partial charge in [-0.2, -0.15) is 0 Å². The van der Waals surface area contributed by atoms with E-state index in [2.05, 4.69) is 21.2 Å². The molecule has 4 nitrogen and oxygen atoms in total. The van der Waals surface area contributed by atoms with Gasteiger partial charge in [0.2, 0.25) is 0 Å². The molecule has 0 aliphatic carbocycles. The van der Waals surface area contributed by atoms with E-state index in [0.717, 1.165) is 22.6 Å². The number of rotatable bonds is 2. The molecule has 0 amide bonds. The molecule has 0 aliphatic rings. The second kappa shape index (κ2) is 4.41. The highest BCUT2D eigenvalue weighted by Gasteiger charge is 2.08. The van der Waals surface area contributed by atoms with Gasteiger partial charge in [-0.3, -0.25) is 0 Å². The number of hydrogen-bond donors (Lipinski definition) is 0. The number of hydrogen-bond acceptors (Lipinski definition) is 4. The molecule has 18 heavy (non-hydrogen) atoms. The minimum absolute atomic E-state index is 0.743. The summed E-state index contributed by atoms with van der Waals surface area (Å²) in [6.45, 7) is 2.05. The van der Waals surface area contributed by atoms with Gasteiger partial charge in [-0.15, -0.1) is 0 Å². The Kier molecular flexibility index (Phi) is 2.61. The van der Waals surface area contributed by atoms with Crippen LogP contribution in [0.3, 0.4) is 0 Å². The van der Waals surface area contributed by atoms with Crippen molar-refractivity contribution in [2.45, 2.75) is 6.92 Å². The fraction of sp³-hybridized carbons (Fsp3) is 0.0714. The van der Waals surface area contributed by atoms with Gasteiger partial charge < -0.3 is 4.52 Å². The van der Waals surface area contributed by atoms with Crippen molar-refractivity contribution >= 4 is 0 Å². The molecule has 0 saturated heterocycles. The lowest BCUT2D eigenvalue weighted by Gasteiger charge is -1.96. The predicted molar refractivity (Wildman–Crippen MR) is 67.7 cm³/mol. The molecule has 0 spiro atoms. The van der Waals surface area contributed by atoms with Gasteiger partial charge in [-0.05, 0) is 13.0 Å². The maximum Gasteiger partial charge on any atom is 0.167 e. The van der Waals surface area contributed by atoms with Crippen molar-refractivity contribution in [3.8, 4) is 22.6 Å². The van der Waals surface area contributed by atoms with Crippen LogP contribution in [-0.4, -0.2) is 15.1 Å². The van der Waals surface area contributed by atoms with Crippen LogP contribution in [0.4, 0.5) is 0 Å². The van der Waals surface area contributed by atoms with Crippen molar-refractivity contribution in [1.29, 1.82) is 0 Å². The summed E-state index contributed by atoms with van der Waals surface area (Å²) in [6, 6.07) is 10.0. The van der Waals surface area contributed by atoms with Gasteiger partial charge in [0.1, 0.15) is 12.0 Å². The fourth-order valence-corrected chi connectivity index (χ4v) is 1.78. The molecule has 2 heterocycles. The quantitative estimate of drug-likeness (QED) is 0.687. The van der Waals surface area contributed by atoms with Crippen molar-refractivity contribution in [3.63, 3.8) is 0 Å². The summed E-state index contributed by atoms with van der Waals surface area (Å²) in [4.78, 5) is 7.93. The summed E-state index contributed by atoms with van der Waals surface area (Å²) in [6.07, 6.45) is 4.92. The lowest BCUT2D eigenvalue weighted by molar-refractivity contribution is 0.435. The first-order valence-corrected chi connectivity index (χ1v) is 5.62. The molecule has 0 atom stereocenters. The summed E-state index contributed by atoms with van der Waals surface area (Å²) >= 11 is 0. The zero-order valence-electron chi connectivity index (χ0n) is 9.87. The fourth-order valence-electron chi connectivity index (χ4n) is 1.78. The third kappa shape index (κ3) is 2.00. The normalized spacial score (nSPS) is 10.5. The molecule has 0 N–H and O–H groups in total. The zero-order chi connectivity index (χ0) is 12.4. The van der Waals surface area contributed by atoms with Crippen molar-refractivity contribution < 1.29 is 4.52 Å². The highest BCUT2D eigenvalue weighted by Crippen LogP contribution is 2.25. The van der Waals surface area contributed by atoms with E-state index in [1.807, 2.05) is 31.2 Å². The molecule has 3 rings (SSSR count). The van der Waals surface area contributed by atoms with Crippen LogP contribution in [0.1, 0.15) is 5.56 Å². The van der Waals surface area contributed by atoms with E-state index < -0.39 is 0 Å². The van der Waals surface area contributed by atoms with E-state index >= 15 is 0 Å². The van der Waals surface area contributed by atoms with Crippen LogP contribution in [0, 0.1) is 6.92 Å². The van der Waals surface area contributed by atoms with Crippen LogP contribution in [0.2, 0.25) is 0 Å². The van der Waals surface area contributed by atoms with Crippen molar-refractivity contribution in [1.82, 2.24) is 15.1 Å². The van der Waals surface area contributed by atoms with E-state index in [9.17, 15) is 0 Å². The summed E-state index contributed by atoms with van der Waals surface area (Å²) in [5.41, 5.74) is 3.80. The molecule has 0 saturated carbocycles. The molecule has 1 aromatic carbocycles. The highest BCUT2D eigenvalue weighted by molar-refractivity contribution is 5.65. The van der Waals surface area contributed by atoms with Crippen molar-refractivity contribution in [3.05, 3.63) is 54.6 Å². The van der Waals surface area contributed by atoms with Gasteiger partial charge in [0.25, 0.3) is 0 Å². The Morgan fingerprint density at radius 1 is 1.00 bits per heavy atom. The number of aromatic nitrogens is 3. The minimum Gasteiger partial charge on any atom is -0.356 e. The Morgan fingerprint density at radius 3 is 2.61 bits per heavy atom. The average molecular weight is 237 g/mol. The Balaban J connectivity index is 2.00. The van der Waals surface area contributed by atoms with Gasteiger partial charge in [0, 0.05) is 29.6 Å². The number of nitrogens with zero attached hydrogens (tertiary/aromatic N) is 3. The standard InChI is InChI=1S/C14H11N3O/c1-10-3-2-4-11(5-10)14-6-13(17-18-14)12-7-15-9-16-8-12/h2-9H,1H3. The molecule has 88 valence electrons. The number of benzene rings is 1. The predicted octanol–water partition coefficient (Wildman–Crippen LogP) is 3.11. The third-order valence-electron chi connectivity index (χ3n) is 2.67. The molecular formula is C14H11N3O. The van der Waals surface area contributed by atoms with E-state index in [-0.39, 0.29) is 0 Å². The maximum atomic E-state index is 5.35. The first-order valence-electron chi connectivity index (χ1n) is 5.62.